The van der Waals surface area contributed by atoms with Gasteiger partial charge >= 0.3 is 0 Å². The Morgan fingerprint density at radius 1 is 0.967 bits per heavy atom. The van der Waals surface area contributed by atoms with Gasteiger partial charge in [-0.15, -0.1) is 5.10 Å². The SMILES string of the molecule is Cc1ccc(-n2nnc(-c3nsc(NC(=O)c4ccc(C)c(C)c4)n3)c2C)c(C)c1. The Morgan fingerprint density at radius 3 is 2.50 bits per heavy atom. The average Bonchev–Trinajstić information content (AvgIpc) is 3.30. The van der Waals surface area contributed by atoms with Crippen LogP contribution in [0.4, 0.5) is 5.13 Å². The maximum absolute atomic E-state index is 12.5. The minimum absolute atomic E-state index is 0.212. The van der Waals surface area contributed by atoms with Crippen LogP contribution in [0.1, 0.15) is 38.3 Å². The summed E-state index contributed by atoms with van der Waals surface area (Å²) >= 11 is 1.12. The van der Waals surface area contributed by atoms with Crippen LogP contribution < -0.4 is 5.32 Å². The zero-order valence-electron chi connectivity index (χ0n) is 17.5. The third-order valence-corrected chi connectivity index (χ3v) is 5.73. The number of nitrogens with zero attached hydrogens (tertiary/aromatic N) is 5. The number of anilines is 1. The molecule has 0 saturated carbocycles. The van der Waals surface area contributed by atoms with Crippen molar-refractivity contribution in [3.05, 3.63) is 69.9 Å². The van der Waals surface area contributed by atoms with Crippen LogP contribution in [0.25, 0.3) is 17.2 Å². The van der Waals surface area contributed by atoms with Gasteiger partial charge in [0, 0.05) is 17.1 Å². The predicted molar refractivity (Wildman–Crippen MR) is 118 cm³/mol. The average molecular weight is 419 g/mol. The third-order valence-electron chi connectivity index (χ3n) is 5.10. The fourth-order valence-corrected chi connectivity index (χ4v) is 3.80. The molecule has 0 bridgehead atoms. The number of amides is 1. The van der Waals surface area contributed by atoms with Crippen LogP contribution in [0.3, 0.4) is 0 Å². The molecular weight excluding hydrogens is 396 g/mol. The lowest BCUT2D eigenvalue weighted by molar-refractivity contribution is 0.102. The molecule has 0 spiro atoms. The Bertz CT molecular complexity index is 1260. The largest absolute Gasteiger partial charge is 0.297 e. The molecule has 1 amide bonds. The number of carbonyl (C=O) groups excluding carboxylic acids is 1. The molecule has 2 aromatic carbocycles. The lowest BCUT2D eigenvalue weighted by atomic mass is 10.1. The highest BCUT2D eigenvalue weighted by Gasteiger charge is 2.18. The summed E-state index contributed by atoms with van der Waals surface area (Å²) in [6.07, 6.45) is 0. The minimum Gasteiger partial charge on any atom is -0.297 e. The van der Waals surface area contributed by atoms with E-state index in [-0.39, 0.29) is 5.91 Å². The smallest absolute Gasteiger partial charge is 0.257 e. The van der Waals surface area contributed by atoms with Crippen molar-refractivity contribution in [2.45, 2.75) is 34.6 Å². The molecule has 2 aromatic heterocycles. The first-order chi connectivity index (χ1) is 14.3. The van der Waals surface area contributed by atoms with Crippen LogP contribution in [0.5, 0.6) is 0 Å². The standard InChI is InChI=1S/C22H22N6OS/c1-12-6-9-18(15(4)10-12)28-16(5)19(25-27-28)20-23-22(30-26-20)24-21(29)17-8-7-13(2)14(3)11-17/h6-11H,1-5H3,(H,23,24,26,29). The highest BCUT2D eigenvalue weighted by molar-refractivity contribution is 7.10. The van der Waals surface area contributed by atoms with Crippen molar-refractivity contribution in [1.82, 2.24) is 24.4 Å². The van der Waals surface area contributed by atoms with Gasteiger partial charge in [-0.1, -0.05) is 29.0 Å². The van der Waals surface area contributed by atoms with Crippen LogP contribution in [0.2, 0.25) is 0 Å². The number of carbonyl (C=O) groups is 1. The van der Waals surface area contributed by atoms with Gasteiger partial charge in [0.2, 0.25) is 5.13 Å². The van der Waals surface area contributed by atoms with Gasteiger partial charge in [-0.3, -0.25) is 10.1 Å². The Kier molecular flexibility index (Phi) is 5.17. The zero-order chi connectivity index (χ0) is 21.4. The summed E-state index contributed by atoms with van der Waals surface area (Å²) in [6, 6.07) is 11.8. The second kappa shape index (κ2) is 7.79. The van der Waals surface area contributed by atoms with Gasteiger partial charge in [0.25, 0.3) is 5.91 Å². The van der Waals surface area contributed by atoms with E-state index >= 15 is 0 Å². The molecule has 0 aliphatic carbocycles. The van der Waals surface area contributed by atoms with Gasteiger partial charge in [-0.2, -0.15) is 9.36 Å². The number of aryl methyl sites for hydroxylation is 4. The molecule has 0 atom stereocenters. The molecular formula is C22H22N6OS. The summed E-state index contributed by atoms with van der Waals surface area (Å²) in [5.41, 5.74) is 7.51. The van der Waals surface area contributed by atoms with Gasteiger partial charge in [0.1, 0.15) is 0 Å². The Hall–Kier alpha value is -3.39. The van der Waals surface area contributed by atoms with Gasteiger partial charge in [0.15, 0.2) is 11.5 Å². The number of hydrogen-bond donors (Lipinski definition) is 1. The van der Waals surface area contributed by atoms with E-state index < -0.39 is 0 Å². The summed E-state index contributed by atoms with van der Waals surface area (Å²) in [4.78, 5) is 17.0. The topological polar surface area (TPSA) is 85.6 Å². The summed E-state index contributed by atoms with van der Waals surface area (Å²) in [5.74, 6) is 0.236. The molecule has 1 N–H and O–H groups in total. The van der Waals surface area contributed by atoms with Gasteiger partial charge in [-0.25, -0.2) is 4.68 Å². The molecule has 8 heteroatoms. The van der Waals surface area contributed by atoms with Crippen molar-refractivity contribution in [3.8, 4) is 17.2 Å². The Labute approximate surface area is 179 Å². The van der Waals surface area contributed by atoms with Gasteiger partial charge in [-0.05, 0) is 69.5 Å². The van der Waals surface area contributed by atoms with Gasteiger partial charge < -0.3 is 0 Å². The van der Waals surface area contributed by atoms with Crippen molar-refractivity contribution < 1.29 is 4.79 Å². The highest BCUT2D eigenvalue weighted by Crippen LogP contribution is 2.25. The number of hydrogen-bond acceptors (Lipinski definition) is 6. The van der Waals surface area contributed by atoms with E-state index in [9.17, 15) is 4.79 Å². The monoisotopic (exact) mass is 418 g/mol. The Balaban J connectivity index is 1.58. The first-order valence-corrected chi connectivity index (χ1v) is 10.3. The normalized spacial score (nSPS) is 11.0. The number of benzene rings is 2. The van der Waals surface area contributed by atoms with E-state index in [0.717, 1.165) is 39.6 Å². The summed E-state index contributed by atoms with van der Waals surface area (Å²) in [7, 11) is 0. The van der Waals surface area contributed by atoms with Crippen LogP contribution >= 0.6 is 11.5 Å². The van der Waals surface area contributed by atoms with E-state index in [1.807, 2.05) is 52.0 Å². The second-order valence-electron chi connectivity index (χ2n) is 7.40. The summed E-state index contributed by atoms with van der Waals surface area (Å²) in [6.45, 7) is 10.0. The van der Waals surface area contributed by atoms with Crippen LogP contribution in [0, 0.1) is 34.6 Å². The quantitative estimate of drug-likeness (QED) is 0.524. The van der Waals surface area contributed by atoms with E-state index in [2.05, 4.69) is 38.0 Å². The van der Waals surface area contributed by atoms with Crippen LogP contribution in [-0.4, -0.2) is 30.3 Å². The number of aromatic nitrogens is 5. The molecule has 4 rings (SSSR count). The first kappa shape index (κ1) is 19.9. The first-order valence-electron chi connectivity index (χ1n) is 9.56. The summed E-state index contributed by atoms with van der Waals surface area (Å²) in [5, 5.41) is 11.8. The van der Waals surface area contributed by atoms with E-state index in [1.165, 1.54) is 5.56 Å². The maximum atomic E-state index is 12.5. The molecule has 4 aromatic rings. The molecule has 2 heterocycles. The number of rotatable bonds is 4. The molecule has 0 aliphatic heterocycles. The molecule has 0 saturated heterocycles. The highest BCUT2D eigenvalue weighted by atomic mass is 32.1. The molecule has 0 fully saturated rings. The molecule has 152 valence electrons. The van der Waals surface area contributed by atoms with Gasteiger partial charge in [0.05, 0.1) is 11.4 Å². The van der Waals surface area contributed by atoms with Crippen molar-refractivity contribution in [1.29, 1.82) is 0 Å². The zero-order valence-corrected chi connectivity index (χ0v) is 18.3. The molecule has 0 aliphatic rings. The maximum Gasteiger partial charge on any atom is 0.257 e. The second-order valence-corrected chi connectivity index (χ2v) is 8.15. The fourth-order valence-electron chi connectivity index (χ4n) is 3.23. The van der Waals surface area contributed by atoms with Crippen LogP contribution in [0.15, 0.2) is 36.4 Å². The fraction of sp³-hybridized carbons (Fsp3) is 0.227. The third kappa shape index (κ3) is 3.73. The van der Waals surface area contributed by atoms with Crippen molar-refractivity contribution >= 4 is 22.6 Å². The molecule has 30 heavy (non-hydrogen) atoms. The summed E-state index contributed by atoms with van der Waals surface area (Å²) < 4.78 is 6.16. The molecule has 0 radical (unpaired) electrons. The Morgan fingerprint density at radius 2 is 1.77 bits per heavy atom. The van der Waals surface area contributed by atoms with Crippen molar-refractivity contribution in [2.75, 3.05) is 5.32 Å². The van der Waals surface area contributed by atoms with E-state index in [4.69, 9.17) is 0 Å². The lowest BCUT2D eigenvalue weighted by Gasteiger charge is -2.07. The van der Waals surface area contributed by atoms with E-state index in [1.54, 1.807) is 10.7 Å². The molecule has 7 nitrogen and oxygen atoms in total. The predicted octanol–water partition coefficient (Wildman–Crippen LogP) is 4.58. The lowest BCUT2D eigenvalue weighted by Crippen LogP contribution is -2.12. The van der Waals surface area contributed by atoms with Crippen molar-refractivity contribution in [3.63, 3.8) is 0 Å². The van der Waals surface area contributed by atoms with Crippen LogP contribution in [-0.2, 0) is 0 Å². The van der Waals surface area contributed by atoms with E-state index in [0.29, 0.717) is 22.2 Å². The minimum atomic E-state index is -0.212. The number of nitrogens with one attached hydrogen (secondary N) is 1. The van der Waals surface area contributed by atoms with Crippen molar-refractivity contribution in [2.24, 2.45) is 0 Å². The molecule has 0 unspecified atom stereocenters.